The highest BCUT2D eigenvalue weighted by molar-refractivity contribution is 9.10. The van der Waals surface area contributed by atoms with Crippen LogP contribution in [0.25, 0.3) is 0 Å². The number of benzene rings is 1. The summed E-state index contributed by atoms with van der Waals surface area (Å²) in [6.45, 7) is 0. The highest BCUT2D eigenvalue weighted by atomic mass is 79.9. The zero-order valence-electron chi connectivity index (χ0n) is 6.18. The molecule has 0 amide bonds. The number of hydrogen-bond acceptors (Lipinski definition) is 5. The minimum absolute atomic E-state index is 0.124. The summed E-state index contributed by atoms with van der Waals surface area (Å²) < 4.78 is 26.4. The first-order valence-corrected chi connectivity index (χ1v) is 5.28. The van der Waals surface area contributed by atoms with Gasteiger partial charge in [0.1, 0.15) is 4.90 Å². The Morgan fingerprint density at radius 3 is 2.62 bits per heavy atom. The maximum Gasteiger partial charge on any atom is 0.361 e. The second kappa shape index (κ2) is 3.84. The Labute approximate surface area is 82.9 Å². The van der Waals surface area contributed by atoms with Gasteiger partial charge in [0.2, 0.25) is 0 Å². The summed E-state index contributed by atoms with van der Waals surface area (Å²) in [5, 5.41) is 1.86. The smallest absolute Gasteiger partial charge is 0.228 e. The second-order valence-electron chi connectivity index (χ2n) is 2.06. The van der Waals surface area contributed by atoms with Crippen LogP contribution in [0.15, 0.2) is 39.0 Å². The van der Waals surface area contributed by atoms with Crippen molar-refractivity contribution >= 4 is 26.0 Å². The van der Waals surface area contributed by atoms with Crippen LogP contribution in [-0.4, -0.2) is 8.42 Å². The zero-order chi connectivity index (χ0) is 9.90. The van der Waals surface area contributed by atoms with E-state index in [2.05, 4.69) is 20.2 Å². The van der Waals surface area contributed by atoms with Crippen molar-refractivity contribution in [3.63, 3.8) is 0 Å². The molecule has 70 valence electrons. The lowest BCUT2D eigenvalue weighted by molar-refractivity contribution is 0.333. The molecule has 0 bridgehead atoms. The Balaban J connectivity index is 3.15. The van der Waals surface area contributed by atoms with Gasteiger partial charge < -0.3 is 0 Å². The van der Waals surface area contributed by atoms with E-state index in [4.69, 9.17) is 0 Å². The van der Waals surface area contributed by atoms with Gasteiger partial charge in [-0.3, -0.25) is 0 Å². The molecule has 0 aliphatic heterocycles. The molecule has 1 aromatic carbocycles. The Kier molecular flexibility index (Phi) is 2.99. The van der Waals surface area contributed by atoms with E-state index >= 15 is 0 Å². The van der Waals surface area contributed by atoms with E-state index in [9.17, 15) is 13.3 Å². The lowest BCUT2D eigenvalue weighted by atomic mass is 10.4. The molecule has 0 aromatic heterocycles. The SMILES string of the molecule is O=NOS(=O)(=O)c1cccc(Br)c1. The van der Waals surface area contributed by atoms with E-state index in [1.165, 1.54) is 18.2 Å². The van der Waals surface area contributed by atoms with Gasteiger partial charge in [-0.2, -0.15) is 8.42 Å². The first-order chi connectivity index (χ1) is 6.06. The van der Waals surface area contributed by atoms with Crippen molar-refractivity contribution in [1.29, 1.82) is 0 Å². The first kappa shape index (κ1) is 10.1. The number of nitrogens with zero attached hydrogens (tertiary/aromatic N) is 1. The molecule has 1 aromatic rings. The molecule has 0 spiro atoms. The van der Waals surface area contributed by atoms with E-state index in [0.717, 1.165) is 0 Å². The molecule has 1 rings (SSSR count). The van der Waals surface area contributed by atoms with Crippen molar-refractivity contribution in [2.24, 2.45) is 5.34 Å². The van der Waals surface area contributed by atoms with E-state index < -0.39 is 10.1 Å². The molecule has 0 N–H and O–H groups in total. The molecule has 0 heterocycles. The predicted octanol–water partition coefficient (Wildman–Crippen LogP) is 1.84. The molecule has 13 heavy (non-hydrogen) atoms. The van der Waals surface area contributed by atoms with Crippen LogP contribution in [0, 0.1) is 4.91 Å². The quantitative estimate of drug-likeness (QED) is 0.618. The molecule has 0 fully saturated rings. The zero-order valence-corrected chi connectivity index (χ0v) is 8.58. The minimum atomic E-state index is -4.04. The van der Waals surface area contributed by atoms with Crippen molar-refractivity contribution in [1.82, 2.24) is 0 Å². The standard InChI is InChI=1S/C6H4BrNO4S/c7-5-2-1-3-6(4-5)13(10,11)12-8-9/h1-4H. The Morgan fingerprint density at radius 2 is 2.08 bits per heavy atom. The highest BCUT2D eigenvalue weighted by Gasteiger charge is 2.16. The van der Waals surface area contributed by atoms with Crippen LogP contribution in [0.1, 0.15) is 0 Å². The van der Waals surface area contributed by atoms with E-state index in [1.807, 2.05) is 5.34 Å². The highest BCUT2D eigenvalue weighted by Crippen LogP contribution is 2.17. The molecular formula is C6H4BrNO4S. The molecule has 0 radical (unpaired) electrons. The molecule has 5 nitrogen and oxygen atoms in total. The van der Waals surface area contributed by atoms with Gasteiger partial charge in [-0.25, -0.2) is 4.28 Å². The lowest BCUT2D eigenvalue weighted by Gasteiger charge is -1.98. The molecule has 7 heteroatoms. The van der Waals surface area contributed by atoms with Crippen LogP contribution in [-0.2, 0) is 14.4 Å². The summed E-state index contributed by atoms with van der Waals surface area (Å²) in [5.74, 6) is 0. The van der Waals surface area contributed by atoms with Crippen molar-refractivity contribution < 1.29 is 12.7 Å². The maximum absolute atomic E-state index is 11.0. The van der Waals surface area contributed by atoms with Gasteiger partial charge in [0.05, 0.1) is 0 Å². The van der Waals surface area contributed by atoms with Gasteiger partial charge in [-0.15, -0.1) is 4.91 Å². The van der Waals surface area contributed by atoms with Crippen LogP contribution < -0.4 is 0 Å². The maximum atomic E-state index is 11.0. The summed E-state index contributed by atoms with van der Waals surface area (Å²) in [7, 11) is -4.04. The van der Waals surface area contributed by atoms with Crippen LogP contribution in [0.3, 0.4) is 0 Å². The second-order valence-corrected chi connectivity index (χ2v) is 4.50. The predicted molar refractivity (Wildman–Crippen MR) is 48.2 cm³/mol. The Bertz CT molecular complexity index is 416. The number of halogens is 1. The van der Waals surface area contributed by atoms with Gasteiger partial charge in [-0.1, -0.05) is 22.0 Å². The van der Waals surface area contributed by atoms with Gasteiger partial charge in [0.25, 0.3) is 0 Å². The summed E-state index contributed by atoms with van der Waals surface area (Å²) in [6.07, 6.45) is 0. The van der Waals surface area contributed by atoms with Crippen LogP contribution in [0.2, 0.25) is 0 Å². The van der Waals surface area contributed by atoms with Gasteiger partial charge in [0, 0.05) is 4.47 Å². The fourth-order valence-electron chi connectivity index (χ4n) is 0.706. The topological polar surface area (TPSA) is 72.8 Å². The summed E-state index contributed by atoms with van der Waals surface area (Å²) in [6, 6.07) is 5.75. The number of rotatable bonds is 3. The van der Waals surface area contributed by atoms with Crippen LogP contribution in [0.5, 0.6) is 0 Å². The molecule has 0 aliphatic carbocycles. The third-order valence-corrected chi connectivity index (χ3v) is 2.79. The van der Waals surface area contributed by atoms with E-state index in [1.54, 1.807) is 6.07 Å². The van der Waals surface area contributed by atoms with E-state index in [0.29, 0.717) is 4.47 Å². The summed E-state index contributed by atoms with van der Waals surface area (Å²) in [4.78, 5) is 9.49. The van der Waals surface area contributed by atoms with Crippen LogP contribution in [0.4, 0.5) is 0 Å². The Morgan fingerprint density at radius 1 is 1.38 bits per heavy atom. The third-order valence-electron chi connectivity index (χ3n) is 1.21. The molecule has 0 aliphatic rings. The first-order valence-electron chi connectivity index (χ1n) is 3.08. The molecule has 0 saturated heterocycles. The Hall–Kier alpha value is -0.950. The minimum Gasteiger partial charge on any atom is -0.228 e. The normalized spacial score (nSPS) is 10.8. The van der Waals surface area contributed by atoms with Crippen LogP contribution >= 0.6 is 15.9 Å². The largest absolute Gasteiger partial charge is 0.361 e. The van der Waals surface area contributed by atoms with Gasteiger partial charge >= 0.3 is 10.1 Å². The van der Waals surface area contributed by atoms with Crippen molar-refractivity contribution in [2.75, 3.05) is 0 Å². The molecule has 0 unspecified atom stereocenters. The fraction of sp³-hybridized carbons (Fsp3) is 0. The monoisotopic (exact) mass is 265 g/mol. The van der Waals surface area contributed by atoms with Crippen molar-refractivity contribution in [2.45, 2.75) is 4.90 Å². The molecule has 0 saturated carbocycles. The summed E-state index contributed by atoms with van der Waals surface area (Å²) >= 11 is 3.08. The van der Waals surface area contributed by atoms with Crippen molar-refractivity contribution in [3.05, 3.63) is 33.6 Å². The molecule has 0 atom stereocenters. The fourth-order valence-corrected chi connectivity index (χ4v) is 1.94. The molecular weight excluding hydrogens is 262 g/mol. The van der Waals surface area contributed by atoms with Crippen molar-refractivity contribution in [3.8, 4) is 0 Å². The van der Waals surface area contributed by atoms with Gasteiger partial charge in [-0.05, 0) is 18.2 Å². The number of hydrogen-bond donors (Lipinski definition) is 0. The summed E-state index contributed by atoms with van der Waals surface area (Å²) in [5.41, 5.74) is 0. The van der Waals surface area contributed by atoms with E-state index in [-0.39, 0.29) is 4.90 Å². The van der Waals surface area contributed by atoms with Gasteiger partial charge in [0.15, 0.2) is 5.34 Å². The third kappa shape index (κ3) is 2.49. The average molecular weight is 266 g/mol. The average Bonchev–Trinajstić information content (AvgIpc) is 2.04. The lowest BCUT2D eigenvalue weighted by Crippen LogP contribution is -2.01.